The van der Waals surface area contributed by atoms with Crippen LogP contribution in [0.15, 0.2) is 55.1 Å². The van der Waals surface area contributed by atoms with E-state index in [9.17, 15) is 19.8 Å². The van der Waals surface area contributed by atoms with E-state index < -0.39 is 12.4 Å². The molecule has 2 aliphatic carbocycles. The number of piperidine rings is 1. The smallest absolute Gasteiger partial charge is 0.246 e. The number of phenolic OH excluding ortho intramolecular Hbond substituents is 1. The van der Waals surface area contributed by atoms with Crippen LogP contribution in [0, 0.1) is 11.8 Å². The Morgan fingerprint density at radius 1 is 1.24 bits per heavy atom. The fourth-order valence-corrected chi connectivity index (χ4v) is 8.29. The Morgan fingerprint density at radius 2 is 2.02 bits per heavy atom. The fourth-order valence-electron chi connectivity index (χ4n) is 8.29. The van der Waals surface area contributed by atoms with Gasteiger partial charge in [0.05, 0.1) is 11.6 Å². The number of carbonyl (C=O) groups is 2. The van der Waals surface area contributed by atoms with Gasteiger partial charge < -0.3 is 19.8 Å². The van der Waals surface area contributed by atoms with Crippen LogP contribution in [0.2, 0.25) is 0 Å². The molecule has 2 fully saturated rings. The lowest BCUT2D eigenvalue weighted by Gasteiger charge is -2.60. The Bertz CT molecular complexity index is 1390. The maximum atomic E-state index is 13.9. The Labute approximate surface area is 242 Å². The van der Waals surface area contributed by atoms with E-state index in [1.54, 1.807) is 12.1 Å². The van der Waals surface area contributed by atoms with Gasteiger partial charge >= 0.3 is 0 Å². The van der Waals surface area contributed by atoms with Crippen LogP contribution in [0.3, 0.4) is 0 Å². The van der Waals surface area contributed by atoms with Gasteiger partial charge in [-0.15, -0.1) is 6.58 Å². The fraction of sp³-hybridized carbons (Fsp3) is 0.471. The molecule has 4 aliphatic rings. The standard InChI is InChI=1S/C34H40N2O5/c1-4-15-35-16-14-34-25-11-12-26(36(19-21(2)3)29(39)13-10-22-8-6-5-7-9-22)33(34)41-32-30(34)23(18-27(25)35)17-24(31(32)40)28(38)20-37/h4-10,13,17,21,25-27,33,37,40H,1,11-12,14-16,18-20H2,2-3H3/t25-,26?,27+,33?,34-/m0/s1. The Kier molecular flexibility index (Phi) is 7.28. The van der Waals surface area contributed by atoms with Crippen molar-refractivity contribution in [2.75, 3.05) is 26.2 Å². The molecule has 2 N–H and O–H groups in total. The van der Waals surface area contributed by atoms with E-state index in [1.165, 1.54) is 0 Å². The van der Waals surface area contributed by atoms with Crippen LogP contribution in [0.5, 0.6) is 11.5 Å². The maximum Gasteiger partial charge on any atom is 0.246 e. The maximum absolute atomic E-state index is 13.9. The zero-order valence-corrected chi connectivity index (χ0v) is 24.0. The number of ketones is 1. The lowest BCUT2D eigenvalue weighted by Crippen LogP contribution is -2.69. The number of hydrogen-bond acceptors (Lipinski definition) is 6. The van der Waals surface area contributed by atoms with E-state index in [4.69, 9.17) is 4.74 Å². The van der Waals surface area contributed by atoms with E-state index in [0.29, 0.717) is 18.2 Å². The second kappa shape index (κ2) is 10.8. The van der Waals surface area contributed by atoms with Crippen molar-refractivity contribution in [1.29, 1.82) is 0 Å². The number of Topliss-reactive ketones (excluding diaryl/α,β-unsaturated/α-hetero) is 1. The van der Waals surface area contributed by atoms with Gasteiger partial charge in [-0.2, -0.15) is 0 Å². The van der Waals surface area contributed by atoms with E-state index in [0.717, 1.165) is 55.5 Å². The highest BCUT2D eigenvalue weighted by Crippen LogP contribution is 2.64. The zero-order valence-electron chi connectivity index (χ0n) is 24.0. The van der Waals surface area contributed by atoms with Crippen molar-refractivity contribution in [1.82, 2.24) is 9.80 Å². The first-order chi connectivity index (χ1) is 19.8. The molecule has 0 radical (unpaired) electrons. The van der Waals surface area contributed by atoms with E-state index in [2.05, 4.69) is 25.3 Å². The number of aromatic hydroxyl groups is 1. The Hall–Kier alpha value is -3.42. The number of ether oxygens (including phenoxy) is 1. The minimum absolute atomic E-state index is 0.0426. The molecule has 1 saturated heterocycles. The molecule has 7 heteroatoms. The third-order valence-corrected chi connectivity index (χ3v) is 9.79. The number of carbonyl (C=O) groups excluding carboxylic acids is 2. The summed E-state index contributed by atoms with van der Waals surface area (Å²) in [5, 5.41) is 21.0. The van der Waals surface area contributed by atoms with Crippen LogP contribution < -0.4 is 4.74 Å². The van der Waals surface area contributed by atoms with Gasteiger partial charge in [-0.3, -0.25) is 14.5 Å². The number of likely N-dealkylation sites (tertiary alicyclic amines) is 1. The van der Waals surface area contributed by atoms with E-state index >= 15 is 0 Å². The summed E-state index contributed by atoms with van der Waals surface area (Å²) in [5.41, 5.74) is 2.76. The normalized spacial score (nSPS) is 27.9. The van der Waals surface area contributed by atoms with Gasteiger partial charge in [0.2, 0.25) is 5.91 Å². The van der Waals surface area contributed by atoms with Crippen molar-refractivity contribution in [3.8, 4) is 11.5 Å². The molecule has 2 aromatic carbocycles. The zero-order chi connectivity index (χ0) is 28.9. The van der Waals surface area contributed by atoms with Crippen molar-refractivity contribution < 1.29 is 24.5 Å². The summed E-state index contributed by atoms with van der Waals surface area (Å²) >= 11 is 0. The van der Waals surface area contributed by atoms with Crippen molar-refractivity contribution in [3.05, 3.63) is 77.4 Å². The summed E-state index contributed by atoms with van der Waals surface area (Å²) in [7, 11) is 0. The summed E-state index contributed by atoms with van der Waals surface area (Å²) in [6, 6.07) is 11.7. The molecule has 1 saturated carbocycles. The van der Waals surface area contributed by atoms with Gasteiger partial charge in [-0.1, -0.05) is 50.3 Å². The second-order valence-corrected chi connectivity index (χ2v) is 12.5. The largest absolute Gasteiger partial charge is 0.504 e. The molecular weight excluding hydrogens is 516 g/mol. The predicted molar refractivity (Wildman–Crippen MR) is 158 cm³/mol. The molecule has 2 aromatic rings. The number of rotatable bonds is 9. The predicted octanol–water partition coefficient (Wildman–Crippen LogP) is 4.36. The first kappa shape index (κ1) is 27.7. The molecule has 0 aromatic heterocycles. The molecule has 2 bridgehead atoms. The number of phenols is 1. The SMILES string of the molecule is C=CCN1CC[C@]23c4c5cc(C(=O)CO)c(O)c4OC2C(N(CC(C)C)C(=O)C=Cc2ccccc2)CC[C@H]3[C@H]1C5. The van der Waals surface area contributed by atoms with Crippen LogP contribution >= 0.6 is 0 Å². The average molecular weight is 557 g/mol. The number of amides is 1. The second-order valence-electron chi connectivity index (χ2n) is 12.5. The average Bonchev–Trinajstić information content (AvgIpc) is 3.32. The van der Waals surface area contributed by atoms with Gasteiger partial charge in [0, 0.05) is 36.2 Å². The van der Waals surface area contributed by atoms with Gasteiger partial charge in [0.25, 0.3) is 0 Å². The lowest BCUT2D eigenvalue weighted by molar-refractivity contribution is -0.138. The van der Waals surface area contributed by atoms with Crippen LogP contribution in [-0.2, 0) is 16.6 Å². The number of nitrogens with zero attached hydrogens (tertiary/aromatic N) is 2. The molecule has 6 rings (SSSR count). The van der Waals surface area contributed by atoms with Crippen LogP contribution in [-0.4, -0.2) is 76.1 Å². The monoisotopic (exact) mass is 556 g/mol. The van der Waals surface area contributed by atoms with Gasteiger partial charge in [-0.25, -0.2) is 0 Å². The van der Waals surface area contributed by atoms with Crippen molar-refractivity contribution in [2.45, 2.75) is 63.1 Å². The van der Waals surface area contributed by atoms with Crippen molar-refractivity contribution >= 4 is 17.8 Å². The number of hydrogen-bond donors (Lipinski definition) is 2. The molecule has 7 nitrogen and oxygen atoms in total. The quantitative estimate of drug-likeness (QED) is 0.271. The summed E-state index contributed by atoms with van der Waals surface area (Å²) in [5.74, 6) is 0.205. The summed E-state index contributed by atoms with van der Waals surface area (Å²) in [4.78, 5) is 31.0. The number of aliphatic hydroxyl groups is 1. The van der Waals surface area contributed by atoms with Crippen LogP contribution in [0.1, 0.15) is 60.2 Å². The summed E-state index contributed by atoms with van der Waals surface area (Å²) in [6.45, 7) is 9.82. The minimum atomic E-state index is -0.679. The highest BCUT2D eigenvalue weighted by Gasteiger charge is 2.66. The third kappa shape index (κ3) is 4.41. The molecule has 2 aliphatic heterocycles. The lowest BCUT2D eigenvalue weighted by atomic mass is 9.50. The summed E-state index contributed by atoms with van der Waals surface area (Å²) < 4.78 is 6.79. The van der Waals surface area contributed by atoms with Crippen LogP contribution in [0.25, 0.3) is 6.08 Å². The molecule has 2 heterocycles. The molecule has 2 unspecified atom stereocenters. The third-order valence-electron chi connectivity index (χ3n) is 9.79. The number of aliphatic hydroxyl groups excluding tert-OH is 1. The Balaban J connectivity index is 1.44. The molecule has 216 valence electrons. The van der Waals surface area contributed by atoms with Crippen molar-refractivity contribution in [2.24, 2.45) is 11.8 Å². The van der Waals surface area contributed by atoms with E-state index in [1.807, 2.05) is 47.4 Å². The van der Waals surface area contributed by atoms with Crippen molar-refractivity contribution in [3.63, 3.8) is 0 Å². The Morgan fingerprint density at radius 3 is 2.73 bits per heavy atom. The molecule has 1 amide bonds. The van der Waals surface area contributed by atoms with Gasteiger partial charge in [0.15, 0.2) is 17.3 Å². The minimum Gasteiger partial charge on any atom is -0.504 e. The molecule has 1 spiro atoms. The van der Waals surface area contributed by atoms with Crippen LogP contribution in [0.4, 0.5) is 0 Å². The first-order valence-electron chi connectivity index (χ1n) is 14.9. The van der Waals surface area contributed by atoms with Gasteiger partial charge in [0.1, 0.15) is 12.7 Å². The molecular formula is C34H40N2O5. The molecule has 5 atom stereocenters. The highest BCUT2D eigenvalue weighted by atomic mass is 16.5. The topological polar surface area (TPSA) is 90.3 Å². The highest BCUT2D eigenvalue weighted by molar-refractivity contribution is 6.01. The molecule has 41 heavy (non-hydrogen) atoms. The van der Waals surface area contributed by atoms with E-state index in [-0.39, 0.29) is 46.7 Å². The number of benzene rings is 2. The summed E-state index contributed by atoms with van der Waals surface area (Å²) in [6.07, 6.45) is 8.51. The van der Waals surface area contributed by atoms with Gasteiger partial charge in [-0.05, 0) is 67.3 Å². The first-order valence-corrected chi connectivity index (χ1v) is 14.9.